The predicted molar refractivity (Wildman–Crippen MR) is 76.6 cm³/mol. The zero-order chi connectivity index (χ0) is 14.4. The first kappa shape index (κ1) is 14.9. The van der Waals surface area contributed by atoms with Crippen molar-refractivity contribution in [1.29, 1.82) is 0 Å². The Bertz CT molecular complexity index is 447. The molecule has 1 aromatic carbocycles. The summed E-state index contributed by atoms with van der Waals surface area (Å²) in [5.74, 6) is 0. The molecule has 1 saturated heterocycles. The van der Waals surface area contributed by atoms with Crippen molar-refractivity contribution in [2.24, 2.45) is 0 Å². The van der Waals surface area contributed by atoms with Crippen LogP contribution in [0.15, 0.2) is 24.3 Å². The van der Waals surface area contributed by atoms with E-state index >= 15 is 0 Å². The molecule has 1 fully saturated rings. The molecule has 6 nitrogen and oxygen atoms in total. The number of nitrogens with zero attached hydrogens (tertiary/aromatic N) is 1. The lowest BCUT2D eigenvalue weighted by molar-refractivity contribution is -0.384. The van der Waals surface area contributed by atoms with Crippen LogP contribution in [0.1, 0.15) is 18.9 Å². The molecular formula is C14H21N3O3. The Labute approximate surface area is 118 Å². The summed E-state index contributed by atoms with van der Waals surface area (Å²) in [7, 11) is 0. The number of rotatable bonds is 6. The highest BCUT2D eigenvalue weighted by Gasteiger charge is 2.16. The van der Waals surface area contributed by atoms with Crippen molar-refractivity contribution in [2.45, 2.75) is 32.0 Å². The van der Waals surface area contributed by atoms with Gasteiger partial charge < -0.3 is 15.4 Å². The summed E-state index contributed by atoms with van der Waals surface area (Å²) in [6.45, 7) is 5.20. The Morgan fingerprint density at radius 1 is 1.60 bits per heavy atom. The van der Waals surface area contributed by atoms with Gasteiger partial charge >= 0.3 is 0 Å². The molecule has 0 bridgehead atoms. The molecule has 6 heteroatoms. The second kappa shape index (κ2) is 7.33. The topological polar surface area (TPSA) is 76.4 Å². The van der Waals surface area contributed by atoms with Gasteiger partial charge in [-0.3, -0.25) is 10.1 Å². The van der Waals surface area contributed by atoms with E-state index in [1.165, 1.54) is 6.07 Å². The number of morpholine rings is 1. The normalized spacial score (nSPS) is 20.6. The smallest absolute Gasteiger partial charge is 0.269 e. The van der Waals surface area contributed by atoms with Gasteiger partial charge in [0, 0.05) is 37.3 Å². The van der Waals surface area contributed by atoms with Crippen molar-refractivity contribution in [3.05, 3.63) is 39.9 Å². The fourth-order valence-corrected chi connectivity index (χ4v) is 2.35. The Morgan fingerprint density at radius 2 is 2.45 bits per heavy atom. The number of nitrogens with one attached hydrogen (secondary N) is 2. The summed E-state index contributed by atoms with van der Waals surface area (Å²) >= 11 is 0. The number of benzene rings is 1. The van der Waals surface area contributed by atoms with Gasteiger partial charge in [-0.05, 0) is 18.9 Å². The molecule has 20 heavy (non-hydrogen) atoms. The van der Waals surface area contributed by atoms with Gasteiger partial charge in [-0.15, -0.1) is 0 Å². The molecule has 110 valence electrons. The minimum Gasteiger partial charge on any atom is -0.379 e. The number of nitro groups is 1. The van der Waals surface area contributed by atoms with Crippen molar-refractivity contribution in [3.8, 4) is 0 Å². The maximum atomic E-state index is 10.7. The minimum atomic E-state index is -0.365. The average Bonchev–Trinajstić information content (AvgIpc) is 2.46. The van der Waals surface area contributed by atoms with Crippen LogP contribution < -0.4 is 10.6 Å². The standard InChI is InChI=1S/C14H21N3O3/c1-11(7-13-10-20-6-5-15-13)16-9-12-3-2-4-14(8-12)17(18)19/h2-4,8,11,13,15-16H,5-7,9-10H2,1H3. The molecule has 1 aromatic rings. The van der Waals surface area contributed by atoms with E-state index in [2.05, 4.69) is 17.6 Å². The van der Waals surface area contributed by atoms with Crippen LogP contribution in [0.2, 0.25) is 0 Å². The molecule has 2 rings (SSSR count). The highest BCUT2D eigenvalue weighted by molar-refractivity contribution is 5.34. The fraction of sp³-hybridized carbons (Fsp3) is 0.571. The van der Waals surface area contributed by atoms with E-state index in [1.54, 1.807) is 12.1 Å². The van der Waals surface area contributed by atoms with Crippen LogP contribution in [0.5, 0.6) is 0 Å². The van der Waals surface area contributed by atoms with Crippen LogP contribution in [-0.4, -0.2) is 36.8 Å². The molecular weight excluding hydrogens is 258 g/mol. The van der Waals surface area contributed by atoms with E-state index < -0.39 is 0 Å². The maximum absolute atomic E-state index is 10.7. The van der Waals surface area contributed by atoms with Crippen molar-refractivity contribution in [2.75, 3.05) is 19.8 Å². The third kappa shape index (κ3) is 4.56. The third-order valence-electron chi connectivity index (χ3n) is 3.41. The molecule has 0 spiro atoms. The first-order chi connectivity index (χ1) is 9.65. The van der Waals surface area contributed by atoms with E-state index in [0.717, 1.165) is 31.7 Å². The van der Waals surface area contributed by atoms with E-state index in [9.17, 15) is 10.1 Å². The lowest BCUT2D eigenvalue weighted by Crippen LogP contribution is -2.44. The summed E-state index contributed by atoms with van der Waals surface area (Å²) in [6.07, 6.45) is 0.981. The van der Waals surface area contributed by atoms with Gasteiger partial charge in [0.15, 0.2) is 0 Å². The highest BCUT2D eigenvalue weighted by atomic mass is 16.6. The Hall–Kier alpha value is -1.50. The molecule has 0 aromatic heterocycles. The largest absolute Gasteiger partial charge is 0.379 e. The number of hydrogen-bond acceptors (Lipinski definition) is 5. The molecule has 0 saturated carbocycles. The lowest BCUT2D eigenvalue weighted by Gasteiger charge is -2.26. The van der Waals surface area contributed by atoms with Crippen LogP contribution in [-0.2, 0) is 11.3 Å². The fourth-order valence-electron chi connectivity index (χ4n) is 2.35. The van der Waals surface area contributed by atoms with Gasteiger partial charge in [0.05, 0.1) is 18.1 Å². The highest BCUT2D eigenvalue weighted by Crippen LogP contribution is 2.13. The van der Waals surface area contributed by atoms with E-state index in [-0.39, 0.29) is 10.6 Å². The number of nitro benzene ring substituents is 1. The monoisotopic (exact) mass is 279 g/mol. The summed E-state index contributed by atoms with van der Waals surface area (Å²) in [6, 6.07) is 7.45. The second-order valence-corrected chi connectivity index (χ2v) is 5.17. The van der Waals surface area contributed by atoms with Crippen molar-refractivity contribution >= 4 is 5.69 Å². The molecule has 0 amide bonds. The van der Waals surface area contributed by atoms with Crippen molar-refractivity contribution in [1.82, 2.24) is 10.6 Å². The summed E-state index contributed by atoms with van der Waals surface area (Å²) in [4.78, 5) is 10.4. The first-order valence-corrected chi connectivity index (χ1v) is 6.93. The summed E-state index contributed by atoms with van der Waals surface area (Å²) < 4.78 is 5.42. The Balaban J connectivity index is 1.78. The molecule has 1 heterocycles. The van der Waals surface area contributed by atoms with Crippen LogP contribution in [0.25, 0.3) is 0 Å². The molecule has 2 unspecified atom stereocenters. The average molecular weight is 279 g/mol. The van der Waals surface area contributed by atoms with Gasteiger partial charge in [-0.25, -0.2) is 0 Å². The summed E-state index contributed by atoms with van der Waals surface area (Å²) in [5, 5.41) is 17.5. The molecule has 2 atom stereocenters. The molecule has 2 N–H and O–H groups in total. The molecule has 0 aliphatic carbocycles. The second-order valence-electron chi connectivity index (χ2n) is 5.17. The Kier molecular flexibility index (Phi) is 5.46. The first-order valence-electron chi connectivity index (χ1n) is 6.93. The van der Waals surface area contributed by atoms with Gasteiger partial charge in [0.25, 0.3) is 5.69 Å². The van der Waals surface area contributed by atoms with Crippen LogP contribution in [0.3, 0.4) is 0 Å². The zero-order valence-corrected chi connectivity index (χ0v) is 11.7. The van der Waals surface area contributed by atoms with Crippen LogP contribution in [0, 0.1) is 10.1 Å². The van der Waals surface area contributed by atoms with Gasteiger partial charge in [-0.1, -0.05) is 12.1 Å². The third-order valence-corrected chi connectivity index (χ3v) is 3.41. The van der Waals surface area contributed by atoms with Crippen molar-refractivity contribution in [3.63, 3.8) is 0 Å². The minimum absolute atomic E-state index is 0.138. The van der Waals surface area contributed by atoms with E-state index in [0.29, 0.717) is 18.6 Å². The van der Waals surface area contributed by atoms with Crippen molar-refractivity contribution < 1.29 is 9.66 Å². The quantitative estimate of drug-likeness (QED) is 0.609. The van der Waals surface area contributed by atoms with E-state index in [1.807, 2.05) is 6.07 Å². The number of ether oxygens (including phenoxy) is 1. The lowest BCUT2D eigenvalue weighted by atomic mass is 10.1. The predicted octanol–water partition coefficient (Wildman–Crippen LogP) is 1.45. The molecule has 1 aliphatic heterocycles. The van der Waals surface area contributed by atoms with Gasteiger partial charge in [0.2, 0.25) is 0 Å². The van der Waals surface area contributed by atoms with Crippen LogP contribution >= 0.6 is 0 Å². The summed E-state index contributed by atoms with van der Waals surface area (Å²) in [5.41, 5.74) is 1.07. The SMILES string of the molecule is CC(CC1COCCN1)NCc1cccc([N+](=O)[O-])c1. The van der Waals surface area contributed by atoms with Crippen LogP contribution in [0.4, 0.5) is 5.69 Å². The van der Waals surface area contributed by atoms with E-state index in [4.69, 9.17) is 4.74 Å². The molecule has 1 aliphatic rings. The van der Waals surface area contributed by atoms with Gasteiger partial charge in [-0.2, -0.15) is 0 Å². The Morgan fingerprint density at radius 3 is 3.15 bits per heavy atom. The van der Waals surface area contributed by atoms with Gasteiger partial charge in [0.1, 0.15) is 0 Å². The maximum Gasteiger partial charge on any atom is 0.269 e. The number of hydrogen-bond donors (Lipinski definition) is 2. The molecule has 0 radical (unpaired) electrons. The number of non-ortho nitro benzene ring substituents is 1. The zero-order valence-electron chi connectivity index (χ0n) is 11.7.